The van der Waals surface area contributed by atoms with Gasteiger partial charge in [0.25, 0.3) is 16.0 Å². The van der Waals surface area contributed by atoms with Crippen molar-refractivity contribution in [3.05, 3.63) is 71.8 Å². The molecule has 3 aromatic carbocycles. The van der Waals surface area contributed by atoms with E-state index in [1.807, 2.05) is 0 Å². The Morgan fingerprint density at radius 3 is 2.33 bits per heavy atom. The number of carbonyl (C=O) groups is 1. The number of hydrogen-bond donors (Lipinski definition) is 3. The van der Waals surface area contributed by atoms with E-state index in [1.54, 1.807) is 67.6 Å². The van der Waals surface area contributed by atoms with Gasteiger partial charge in [-0.2, -0.15) is 8.42 Å². The largest absolute Gasteiger partial charge is 0.399 e. The Morgan fingerprint density at radius 1 is 1.03 bits per heavy atom. The summed E-state index contributed by atoms with van der Waals surface area (Å²) in [6, 6.07) is 17.0. The number of aryl methyl sites for hydroxylation is 1. The van der Waals surface area contributed by atoms with E-state index in [9.17, 15) is 17.8 Å². The fourth-order valence-corrected chi connectivity index (χ4v) is 5.36. The SMILES string of the molecule is Cc1ccc2nc(-c3ccc(NC(=O)c4ccc(N)cc4)cc3)sc2c1S(=O)(=O)O. The van der Waals surface area contributed by atoms with Crippen LogP contribution in [0.1, 0.15) is 15.9 Å². The summed E-state index contributed by atoms with van der Waals surface area (Å²) in [4.78, 5) is 16.7. The zero-order valence-corrected chi connectivity index (χ0v) is 17.4. The van der Waals surface area contributed by atoms with Crippen molar-refractivity contribution < 1.29 is 17.8 Å². The number of amides is 1. The Hall–Kier alpha value is -3.27. The van der Waals surface area contributed by atoms with E-state index in [-0.39, 0.29) is 10.8 Å². The first-order chi connectivity index (χ1) is 14.2. The topological polar surface area (TPSA) is 122 Å². The van der Waals surface area contributed by atoms with Gasteiger partial charge in [-0.3, -0.25) is 9.35 Å². The van der Waals surface area contributed by atoms with Crippen molar-refractivity contribution >= 4 is 49.0 Å². The first-order valence-corrected chi connectivity index (χ1v) is 11.1. The second kappa shape index (κ2) is 7.52. The molecule has 0 saturated heterocycles. The van der Waals surface area contributed by atoms with Crippen LogP contribution >= 0.6 is 11.3 Å². The third-order valence-corrected chi connectivity index (χ3v) is 6.84. The number of rotatable bonds is 4. The fourth-order valence-electron chi connectivity index (χ4n) is 3.04. The number of nitrogen functional groups attached to an aromatic ring is 1. The number of anilines is 2. The normalized spacial score (nSPS) is 11.5. The molecule has 4 rings (SSSR count). The summed E-state index contributed by atoms with van der Waals surface area (Å²) in [6.07, 6.45) is 0. The standard InChI is InChI=1S/C21H17N3O4S2/c1-12-2-11-17-18(19(12)30(26,27)28)29-21(24-17)14-5-9-16(10-6-14)23-20(25)13-3-7-15(22)8-4-13/h2-11H,22H2,1H3,(H,23,25)(H,26,27,28). The minimum absolute atomic E-state index is 0.115. The van der Waals surface area contributed by atoms with E-state index in [2.05, 4.69) is 10.3 Å². The van der Waals surface area contributed by atoms with Gasteiger partial charge < -0.3 is 11.1 Å². The van der Waals surface area contributed by atoms with Crippen LogP contribution in [0.5, 0.6) is 0 Å². The van der Waals surface area contributed by atoms with Crippen LogP contribution in [-0.4, -0.2) is 23.9 Å². The highest BCUT2D eigenvalue weighted by atomic mass is 32.2. The summed E-state index contributed by atoms with van der Waals surface area (Å²) in [5, 5.41) is 3.42. The maximum Gasteiger partial charge on any atom is 0.296 e. The smallest absolute Gasteiger partial charge is 0.296 e. The Kier molecular flexibility index (Phi) is 5.02. The van der Waals surface area contributed by atoms with E-state index in [0.29, 0.717) is 37.7 Å². The number of carbonyl (C=O) groups excluding carboxylic acids is 1. The molecule has 1 amide bonds. The van der Waals surface area contributed by atoms with Crippen molar-refractivity contribution in [2.45, 2.75) is 11.8 Å². The molecule has 0 saturated carbocycles. The molecule has 1 aromatic heterocycles. The van der Waals surface area contributed by atoms with Crippen molar-refractivity contribution in [2.24, 2.45) is 0 Å². The average molecular weight is 440 g/mol. The first-order valence-electron chi connectivity index (χ1n) is 8.87. The highest BCUT2D eigenvalue weighted by molar-refractivity contribution is 7.86. The minimum atomic E-state index is -4.36. The van der Waals surface area contributed by atoms with Crippen LogP contribution < -0.4 is 11.1 Å². The Bertz CT molecular complexity index is 1360. The van der Waals surface area contributed by atoms with E-state index in [4.69, 9.17) is 5.73 Å². The van der Waals surface area contributed by atoms with Crippen LogP contribution in [0.2, 0.25) is 0 Å². The third kappa shape index (κ3) is 3.90. The Labute approximate surface area is 176 Å². The van der Waals surface area contributed by atoms with Crippen LogP contribution in [-0.2, 0) is 10.1 Å². The molecule has 9 heteroatoms. The minimum Gasteiger partial charge on any atom is -0.399 e. The van der Waals surface area contributed by atoms with Crippen molar-refractivity contribution in [2.75, 3.05) is 11.1 Å². The molecule has 4 N–H and O–H groups in total. The molecular formula is C21H17N3O4S2. The monoisotopic (exact) mass is 439 g/mol. The van der Waals surface area contributed by atoms with Gasteiger partial charge in [0, 0.05) is 22.5 Å². The maximum absolute atomic E-state index is 12.3. The number of aromatic nitrogens is 1. The summed E-state index contributed by atoms with van der Waals surface area (Å²) < 4.78 is 33.6. The molecule has 0 unspecified atom stereocenters. The van der Waals surface area contributed by atoms with Gasteiger partial charge in [-0.1, -0.05) is 6.07 Å². The molecule has 0 atom stereocenters. The molecular weight excluding hydrogens is 422 g/mol. The van der Waals surface area contributed by atoms with Crippen LogP contribution in [0.4, 0.5) is 11.4 Å². The van der Waals surface area contributed by atoms with Gasteiger partial charge in [0.2, 0.25) is 0 Å². The molecule has 1 heterocycles. The second-order valence-electron chi connectivity index (χ2n) is 6.71. The van der Waals surface area contributed by atoms with Crippen LogP contribution in [0.15, 0.2) is 65.6 Å². The number of nitrogens with one attached hydrogen (secondary N) is 1. The van der Waals surface area contributed by atoms with Gasteiger partial charge in [-0.15, -0.1) is 11.3 Å². The van der Waals surface area contributed by atoms with Crippen LogP contribution in [0.3, 0.4) is 0 Å². The quantitative estimate of drug-likeness (QED) is 0.321. The molecule has 0 aliphatic heterocycles. The summed E-state index contributed by atoms with van der Waals surface area (Å²) in [5.41, 5.74) is 9.04. The molecule has 0 bridgehead atoms. The lowest BCUT2D eigenvalue weighted by Crippen LogP contribution is -2.11. The molecule has 4 aromatic rings. The van der Waals surface area contributed by atoms with Crippen LogP contribution in [0, 0.1) is 6.92 Å². The third-order valence-electron chi connectivity index (χ3n) is 4.53. The Morgan fingerprint density at radius 2 is 1.70 bits per heavy atom. The van der Waals surface area contributed by atoms with Crippen molar-refractivity contribution in [3.8, 4) is 10.6 Å². The average Bonchev–Trinajstić information content (AvgIpc) is 3.11. The molecule has 30 heavy (non-hydrogen) atoms. The number of fused-ring (bicyclic) bond motifs is 1. The van der Waals surface area contributed by atoms with Gasteiger partial charge in [-0.05, 0) is 67.1 Å². The summed E-state index contributed by atoms with van der Waals surface area (Å²) >= 11 is 1.19. The lowest BCUT2D eigenvalue weighted by molar-refractivity contribution is 0.102. The van der Waals surface area contributed by atoms with Gasteiger partial charge in [0.15, 0.2) is 0 Å². The molecule has 152 valence electrons. The summed E-state index contributed by atoms with van der Waals surface area (Å²) in [7, 11) is -4.36. The van der Waals surface area contributed by atoms with E-state index >= 15 is 0 Å². The van der Waals surface area contributed by atoms with E-state index in [0.717, 1.165) is 5.56 Å². The number of nitrogens with two attached hydrogens (primary N) is 1. The zero-order chi connectivity index (χ0) is 21.5. The highest BCUT2D eigenvalue weighted by Gasteiger charge is 2.20. The van der Waals surface area contributed by atoms with Crippen LogP contribution in [0.25, 0.3) is 20.8 Å². The molecule has 7 nitrogen and oxygen atoms in total. The lowest BCUT2D eigenvalue weighted by Gasteiger charge is -2.06. The molecule has 0 fully saturated rings. The van der Waals surface area contributed by atoms with Crippen molar-refractivity contribution in [3.63, 3.8) is 0 Å². The first kappa shape index (κ1) is 20.0. The highest BCUT2D eigenvalue weighted by Crippen LogP contribution is 2.36. The number of thiazole rings is 1. The van der Waals surface area contributed by atoms with Crippen molar-refractivity contribution in [1.29, 1.82) is 0 Å². The maximum atomic E-state index is 12.3. The van der Waals surface area contributed by atoms with Gasteiger partial charge >= 0.3 is 0 Å². The van der Waals surface area contributed by atoms with Gasteiger partial charge in [0.1, 0.15) is 9.90 Å². The number of benzene rings is 3. The number of hydrogen-bond acceptors (Lipinski definition) is 6. The molecule has 0 spiro atoms. The van der Waals surface area contributed by atoms with Gasteiger partial charge in [0.05, 0.1) is 10.2 Å². The van der Waals surface area contributed by atoms with Gasteiger partial charge in [-0.25, -0.2) is 4.98 Å². The molecule has 0 aliphatic carbocycles. The molecule has 0 aliphatic rings. The summed E-state index contributed by atoms with van der Waals surface area (Å²) in [5.74, 6) is -0.254. The van der Waals surface area contributed by atoms with E-state index < -0.39 is 10.1 Å². The second-order valence-corrected chi connectivity index (χ2v) is 9.06. The number of nitrogens with zero attached hydrogens (tertiary/aromatic N) is 1. The predicted molar refractivity (Wildman–Crippen MR) is 118 cm³/mol. The zero-order valence-electron chi connectivity index (χ0n) is 15.8. The predicted octanol–water partition coefficient (Wildman–Crippen LogP) is 4.35. The summed E-state index contributed by atoms with van der Waals surface area (Å²) in [6.45, 7) is 1.63. The fraction of sp³-hybridized carbons (Fsp3) is 0.0476. The van der Waals surface area contributed by atoms with Crippen molar-refractivity contribution in [1.82, 2.24) is 4.98 Å². The van der Waals surface area contributed by atoms with E-state index in [1.165, 1.54) is 11.3 Å². The molecule has 0 radical (unpaired) electrons. The lowest BCUT2D eigenvalue weighted by atomic mass is 10.1. The Balaban J connectivity index is 1.62.